The van der Waals surface area contributed by atoms with Gasteiger partial charge in [0, 0.05) is 44.8 Å². The second kappa shape index (κ2) is 9.27. The number of carbonyl (C=O) groups excluding carboxylic acids is 1. The van der Waals surface area contributed by atoms with Gasteiger partial charge in [-0.15, -0.1) is 0 Å². The van der Waals surface area contributed by atoms with Gasteiger partial charge in [0.15, 0.2) is 5.78 Å². The summed E-state index contributed by atoms with van der Waals surface area (Å²) < 4.78 is 5.50. The van der Waals surface area contributed by atoms with Gasteiger partial charge < -0.3 is 15.0 Å². The molecule has 1 N–H and O–H groups in total. The van der Waals surface area contributed by atoms with Crippen molar-refractivity contribution in [3.05, 3.63) is 48.2 Å². The normalized spacial score (nSPS) is 17.2. The summed E-state index contributed by atoms with van der Waals surface area (Å²) >= 11 is 0. The van der Waals surface area contributed by atoms with E-state index in [2.05, 4.69) is 32.2 Å². The predicted octanol–water partition coefficient (Wildman–Crippen LogP) is 3.31. The van der Waals surface area contributed by atoms with Gasteiger partial charge in [-0.05, 0) is 50.1 Å². The first-order chi connectivity index (χ1) is 14.3. The Morgan fingerprint density at radius 2 is 1.93 bits per heavy atom. The number of para-hydroxylation sites is 2. The number of methoxy groups -OCH3 is 1. The number of piperazine rings is 1. The van der Waals surface area contributed by atoms with Gasteiger partial charge in [0.1, 0.15) is 11.6 Å². The molecular formula is C23H30N4O2. The van der Waals surface area contributed by atoms with E-state index in [1.807, 2.05) is 24.3 Å². The van der Waals surface area contributed by atoms with Crippen LogP contribution in [0.3, 0.4) is 0 Å². The van der Waals surface area contributed by atoms with Crippen LogP contribution in [0.1, 0.15) is 29.6 Å². The van der Waals surface area contributed by atoms with Crippen molar-refractivity contribution in [2.45, 2.75) is 19.3 Å². The topological polar surface area (TPSA) is 57.7 Å². The number of aromatic nitrogens is 1. The maximum atomic E-state index is 12.4. The molecule has 4 rings (SSSR count). The fourth-order valence-corrected chi connectivity index (χ4v) is 3.92. The molecule has 6 heteroatoms. The molecule has 1 aliphatic carbocycles. The Morgan fingerprint density at radius 1 is 1.14 bits per heavy atom. The van der Waals surface area contributed by atoms with Crippen LogP contribution < -0.4 is 15.0 Å². The molecule has 0 amide bonds. The number of anilines is 2. The summed E-state index contributed by atoms with van der Waals surface area (Å²) in [5.74, 6) is 2.15. The SMILES string of the molecule is COc1ccccc1N1CCN(CCCNc2ncccc2C(=O)C2CC2)CC1. The lowest BCUT2D eigenvalue weighted by atomic mass is 10.1. The van der Waals surface area contributed by atoms with E-state index in [-0.39, 0.29) is 11.7 Å². The number of Topliss-reactive ketones (excluding diaryl/α,β-unsaturated/α-hetero) is 1. The Morgan fingerprint density at radius 3 is 2.69 bits per heavy atom. The lowest BCUT2D eigenvalue weighted by molar-refractivity contribution is 0.0968. The lowest BCUT2D eigenvalue weighted by Crippen LogP contribution is -2.47. The lowest BCUT2D eigenvalue weighted by Gasteiger charge is -2.36. The van der Waals surface area contributed by atoms with E-state index in [9.17, 15) is 4.79 Å². The average Bonchev–Trinajstić information content (AvgIpc) is 3.62. The highest BCUT2D eigenvalue weighted by Crippen LogP contribution is 2.34. The molecule has 1 aliphatic heterocycles. The van der Waals surface area contributed by atoms with Crippen LogP contribution >= 0.6 is 0 Å². The third kappa shape index (κ3) is 4.88. The second-order valence-electron chi connectivity index (χ2n) is 7.82. The smallest absolute Gasteiger partial charge is 0.169 e. The highest BCUT2D eigenvalue weighted by molar-refractivity contribution is 6.03. The molecule has 1 aromatic heterocycles. The van der Waals surface area contributed by atoms with E-state index in [1.54, 1.807) is 13.3 Å². The number of rotatable bonds is 9. The molecule has 2 fully saturated rings. The molecule has 0 unspecified atom stereocenters. The minimum atomic E-state index is 0.222. The van der Waals surface area contributed by atoms with Crippen LogP contribution in [-0.2, 0) is 0 Å². The minimum absolute atomic E-state index is 0.222. The monoisotopic (exact) mass is 394 g/mol. The predicted molar refractivity (Wildman–Crippen MR) is 116 cm³/mol. The van der Waals surface area contributed by atoms with Crippen LogP contribution in [0.2, 0.25) is 0 Å². The highest BCUT2D eigenvalue weighted by atomic mass is 16.5. The van der Waals surface area contributed by atoms with Crippen molar-refractivity contribution in [2.24, 2.45) is 5.92 Å². The molecule has 2 aromatic rings. The molecule has 29 heavy (non-hydrogen) atoms. The zero-order chi connectivity index (χ0) is 20.1. The Balaban J connectivity index is 1.21. The van der Waals surface area contributed by atoms with E-state index in [4.69, 9.17) is 4.74 Å². The first-order valence-electron chi connectivity index (χ1n) is 10.6. The van der Waals surface area contributed by atoms with Crippen molar-refractivity contribution in [2.75, 3.05) is 56.6 Å². The summed E-state index contributed by atoms with van der Waals surface area (Å²) in [4.78, 5) is 21.7. The molecule has 0 atom stereocenters. The van der Waals surface area contributed by atoms with Gasteiger partial charge in [0.2, 0.25) is 0 Å². The third-order valence-electron chi connectivity index (χ3n) is 5.76. The first-order valence-corrected chi connectivity index (χ1v) is 10.6. The largest absolute Gasteiger partial charge is 0.495 e. The van der Waals surface area contributed by atoms with E-state index in [1.165, 1.54) is 5.69 Å². The van der Waals surface area contributed by atoms with Gasteiger partial charge in [-0.25, -0.2) is 4.98 Å². The summed E-state index contributed by atoms with van der Waals surface area (Å²) in [7, 11) is 1.73. The number of pyridine rings is 1. The average molecular weight is 395 g/mol. The van der Waals surface area contributed by atoms with Crippen molar-refractivity contribution in [1.29, 1.82) is 0 Å². The van der Waals surface area contributed by atoms with Crippen molar-refractivity contribution in [1.82, 2.24) is 9.88 Å². The van der Waals surface area contributed by atoms with Crippen molar-refractivity contribution >= 4 is 17.3 Å². The summed E-state index contributed by atoms with van der Waals surface area (Å²) in [6, 6.07) is 12.0. The van der Waals surface area contributed by atoms with Crippen LogP contribution in [0.15, 0.2) is 42.6 Å². The molecule has 154 valence electrons. The van der Waals surface area contributed by atoms with Crippen LogP contribution in [0.5, 0.6) is 5.75 Å². The van der Waals surface area contributed by atoms with Gasteiger partial charge in [-0.2, -0.15) is 0 Å². The molecule has 0 bridgehead atoms. The Kier molecular flexibility index (Phi) is 6.30. The van der Waals surface area contributed by atoms with Gasteiger partial charge in [-0.3, -0.25) is 9.69 Å². The maximum absolute atomic E-state index is 12.4. The number of nitrogens with one attached hydrogen (secondary N) is 1. The van der Waals surface area contributed by atoms with Gasteiger partial charge >= 0.3 is 0 Å². The van der Waals surface area contributed by atoms with E-state index >= 15 is 0 Å². The standard InChI is InChI=1S/C23H30N4O2/c1-29-21-8-3-2-7-20(21)27-16-14-26(15-17-27)13-5-12-25-23-19(6-4-11-24-23)22(28)18-9-10-18/h2-4,6-8,11,18H,5,9-10,12-17H2,1H3,(H,24,25). The number of hydrogen-bond acceptors (Lipinski definition) is 6. The van der Waals surface area contributed by atoms with Crippen LogP contribution in [-0.4, -0.2) is 62.0 Å². The summed E-state index contributed by atoms with van der Waals surface area (Å²) in [6.45, 7) is 5.99. The quantitative estimate of drug-likeness (QED) is 0.520. The highest BCUT2D eigenvalue weighted by Gasteiger charge is 2.31. The number of benzene rings is 1. The molecule has 2 heterocycles. The Hall–Kier alpha value is -2.60. The van der Waals surface area contributed by atoms with Crippen LogP contribution in [0.4, 0.5) is 11.5 Å². The van der Waals surface area contributed by atoms with Crippen LogP contribution in [0.25, 0.3) is 0 Å². The number of ether oxygens (including phenoxy) is 1. The van der Waals surface area contributed by atoms with Crippen molar-refractivity contribution in [3.63, 3.8) is 0 Å². The molecule has 1 saturated heterocycles. The molecule has 6 nitrogen and oxygen atoms in total. The van der Waals surface area contributed by atoms with E-state index in [0.29, 0.717) is 0 Å². The number of nitrogens with zero attached hydrogens (tertiary/aromatic N) is 3. The number of carbonyl (C=O) groups is 1. The Bertz CT molecular complexity index is 829. The molecule has 1 saturated carbocycles. The zero-order valence-electron chi connectivity index (χ0n) is 17.1. The number of ketones is 1. The summed E-state index contributed by atoms with van der Waals surface area (Å²) in [5.41, 5.74) is 1.93. The first kappa shape index (κ1) is 19.7. The molecular weight excluding hydrogens is 364 g/mol. The fraction of sp³-hybridized carbons (Fsp3) is 0.478. The number of hydrogen-bond donors (Lipinski definition) is 1. The van der Waals surface area contributed by atoms with Gasteiger partial charge in [0.05, 0.1) is 18.4 Å². The van der Waals surface area contributed by atoms with E-state index in [0.717, 1.165) is 75.7 Å². The maximum Gasteiger partial charge on any atom is 0.169 e. The summed E-state index contributed by atoms with van der Waals surface area (Å²) in [5, 5.41) is 3.38. The molecule has 0 spiro atoms. The fourth-order valence-electron chi connectivity index (χ4n) is 3.92. The molecule has 0 radical (unpaired) electrons. The van der Waals surface area contributed by atoms with Gasteiger partial charge in [0.25, 0.3) is 0 Å². The zero-order valence-corrected chi connectivity index (χ0v) is 17.1. The third-order valence-corrected chi connectivity index (χ3v) is 5.76. The summed E-state index contributed by atoms with van der Waals surface area (Å²) in [6.07, 6.45) is 4.83. The van der Waals surface area contributed by atoms with Crippen LogP contribution in [0, 0.1) is 5.92 Å². The minimum Gasteiger partial charge on any atom is -0.495 e. The van der Waals surface area contributed by atoms with Crippen molar-refractivity contribution in [3.8, 4) is 5.75 Å². The molecule has 1 aromatic carbocycles. The molecule has 2 aliphatic rings. The Labute approximate surface area is 172 Å². The van der Waals surface area contributed by atoms with Gasteiger partial charge in [-0.1, -0.05) is 12.1 Å². The van der Waals surface area contributed by atoms with Crippen molar-refractivity contribution < 1.29 is 9.53 Å². The van der Waals surface area contributed by atoms with E-state index < -0.39 is 0 Å². The second-order valence-corrected chi connectivity index (χ2v) is 7.82.